The predicted molar refractivity (Wildman–Crippen MR) is 94.3 cm³/mol. The van der Waals surface area contributed by atoms with E-state index in [0.717, 1.165) is 24.7 Å². The van der Waals surface area contributed by atoms with Gasteiger partial charge in [0.1, 0.15) is 18.0 Å². The van der Waals surface area contributed by atoms with Crippen LogP contribution in [0.4, 0.5) is 11.6 Å². The van der Waals surface area contributed by atoms with Crippen molar-refractivity contribution in [2.45, 2.75) is 13.1 Å². The molecule has 4 nitrogen and oxygen atoms in total. The number of anilines is 2. The molecular formula is C19H20N4. The smallest absolute Gasteiger partial charge is 0.134 e. The molecule has 0 unspecified atom stereocenters. The molecular weight excluding hydrogens is 284 g/mol. The average molecular weight is 304 g/mol. The molecule has 0 aliphatic heterocycles. The summed E-state index contributed by atoms with van der Waals surface area (Å²) in [6.45, 7) is 1.57. The highest BCUT2D eigenvalue weighted by Crippen LogP contribution is 2.16. The lowest BCUT2D eigenvalue weighted by molar-refractivity contribution is 0.890. The van der Waals surface area contributed by atoms with Crippen LogP contribution in [0.1, 0.15) is 11.1 Å². The van der Waals surface area contributed by atoms with E-state index >= 15 is 0 Å². The number of nitrogens with one attached hydrogen (secondary N) is 1. The fraction of sp³-hybridized carbons (Fsp3) is 0.158. The molecule has 0 aliphatic rings. The van der Waals surface area contributed by atoms with Gasteiger partial charge in [-0.1, -0.05) is 60.7 Å². The van der Waals surface area contributed by atoms with Crippen molar-refractivity contribution >= 4 is 11.6 Å². The van der Waals surface area contributed by atoms with Gasteiger partial charge < -0.3 is 10.2 Å². The van der Waals surface area contributed by atoms with Crippen molar-refractivity contribution < 1.29 is 0 Å². The van der Waals surface area contributed by atoms with Crippen molar-refractivity contribution in [3.8, 4) is 0 Å². The third kappa shape index (κ3) is 4.30. The maximum Gasteiger partial charge on any atom is 0.134 e. The standard InChI is InChI=1S/C19H20N4/c1-23(14-17-10-6-3-7-11-17)19-12-18(21-15-22-19)20-13-16-8-4-2-5-9-16/h2-12,15H,13-14H2,1H3,(H,20,21,22). The Morgan fingerprint density at radius 3 is 2.22 bits per heavy atom. The van der Waals surface area contributed by atoms with Crippen molar-refractivity contribution in [1.82, 2.24) is 9.97 Å². The van der Waals surface area contributed by atoms with Gasteiger partial charge in [-0.25, -0.2) is 9.97 Å². The zero-order valence-corrected chi connectivity index (χ0v) is 13.2. The zero-order valence-electron chi connectivity index (χ0n) is 13.2. The monoisotopic (exact) mass is 304 g/mol. The van der Waals surface area contributed by atoms with Crippen LogP contribution < -0.4 is 10.2 Å². The third-order valence-electron chi connectivity index (χ3n) is 3.62. The summed E-state index contributed by atoms with van der Waals surface area (Å²) < 4.78 is 0. The van der Waals surface area contributed by atoms with Crippen LogP contribution in [0, 0.1) is 0 Å². The molecule has 3 aromatic rings. The highest BCUT2D eigenvalue weighted by atomic mass is 15.2. The van der Waals surface area contributed by atoms with E-state index in [2.05, 4.69) is 56.6 Å². The maximum atomic E-state index is 4.37. The summed E-state index contributed by atoms with van der Waals surface area (Å²) in [6, 6.07) is 22.6. The van der Waals surface area contributed by atoms with E-state index in [1.165, 1.54) is 11.1 Å². The molecule has 23 heavy (non-hydrogen) atoms. The van der Waals surface area contributed by atoms with Crippen molar-refractivity contribution in [3.05, 3.63) is 84.2 Å². The Balaban J connectivity index is 1.64. The molecule has 0 fully saturated rings. The molecule has 0 aliphatic carbocycles. The maximum absolute atomic E-state index is 4.37. The molecule has 0 saturated heterocycles. The fourth-order valence-corrected chi connectivity index (χ4v) is 2.38. The first kappa shape index (κ1) is 15.0. The SMILES string of the molecule is CN(Cc1ccccc1)c1cc(NCc2ccccc2)ncn1. The second-order valence-electron chi connectivity index (χ2n) is 5.44. The Labute approximate surface area is 136 Å². The molecule has 1 heterocycles. The fourth-order valence-electron chi connectivity index (χ4n) is 2.38. The van der Waals surface area contributed by atoms with Crippen LogP contribution in [0.3, 0.4) is 0 Å². The second kappa shape index (κ2) is 7.40. The largest absolute Gasteiger partial charge is 0.366 e. The third-order valence-corrected chi connectivity index (χ3v) is 3.62. The van der Waals surface area contributed by atoms with Gasteiger partial charge >= 0.3 is 0 Å². The highest BCUT2D eigenvalue weighted by Gasteiger charge is 2.05. The average Bonchev–Trinajstić information content (AvgIpc) is 2.62. The van der Waals surface area contributed by atoms with Crippen LogP contribution >= 0.6 is 0 Å². The number of hydrogen-bond acceptors (Lipinski definition) is 4. The van der Waals surface area contributed by atoms with Gasteiger partial charge in [-0.15, -0.1) is 0 Å². The first-order valence-electron chi connectivity index (χ1n) is 7.66. The number of benzene rings is 2. The number of hydrogen-bond donors (Lipinski definition) is 1. The number of nitrogens with zero attached hydrogens (tertiary/aromatic N) is 3. The predicted octanol–water partition coefficient (Wildman–Crippen LogP) is 3.73. The Morgan fingerprint density at radius 2 is 1.52 bits per heavy atom. The summed E-state index contributed by atoms with van der Waals surface area (Å²) in [5.41, 5.74) is 2.48. The van der Waals surface area contributed by atoms with Crippen LogP contribution in [-0.4, -0.2) is 17.0 Å². The van der Waals surface area contributed by atoms with Crippen LogP contribution in [0.2, 0.25) is 0 Å². The van der Waals surface area contributed by atoms with E-state index in [1.54, 1.807) is 6.33 Å². The summed E-state index contributed by atoms with van der Waals surface area (Å²) in [5.74, 6) is 1.73. The molecule has 0 saturated carbocycles. The van der Waals surface area contributed by atoms with E-state index in [1.807, 2.05) is 37.4 Å². The lowest BCUT2D eigenvalue weighted by Crippen LogP contribution is -2.18. The lowest BCUT2D eigenvalue weighted by Gasteiger charge is -2.18. The minimum Gasteiger partial charge on any atom is -0.366 e. The molecule has 3 rings (SSSR count). The quantitative estimate of drug-likeness (QED) is 0.753. The molecule has 1 aromatic heterocycles. The van der Waals surface area contributed by atoms with Crippen molar-refractivity contribution in [3.63, 3.8) is 0 Å². The first-order valence-corrected chi connectivity index (χ1v) is 7.66. The molecule has 116 valence electrons. The molecule has 0 radical (unpaired) electrons. The van der Waals surface area contributed by atoms with Gasteiger partial charge in [-0.05, 0) is 11.1 Å². The molecule has 4 heteroatoms. The minimum atomic E-state index is 0.750. The van der Waals surface area contributed by atoms with Gasteiger partial charge in [0.25, 0.3) is 0 Å². The molecule has 0 atom stereocenters. The summed E-state index contributed by atoms with van der Waals surface area (Å²) in [4.78, 5) is 10.8. The molecule has 0 spiro atoms. The summed E-state index contributed by atoms with van der Waals surface area (Å²) in [5, 5.41) is 3.34. The van der Waals surface area contributed by atoms with Gasteiger partial charge in [0, 0.05) is 26.2 Å². The zero-order chi connectivity index (χ0) is 15.9. The first-order chi connectivity index (χ1) is 11.3. The normalized spacial score (nSPS) is 10.3. The number of rotatable bonds is 6. The second-order valence-corrected chi connectivity index (χ2v) is 5.44. The van der Waals surface area contributed by atoms with Crippen molar-refractivity contribution in [1.29, 1.82) is 0 Å². The Kier molecular flexibility index (Phi) is 4.84. The molecule has 2 aromatic carbocycles. The van der Waals surface area contributed by atoms with E-state index in [-0.39, 0.29) is 0 Å². The van der Waals surface area contributed by atoms with Gasteiger partial charge in [-0.2, -0.15) is 0 Å². The van der Waals surface area contributed by atoms with Crippen LogP contribution in [0.25, 0.3) is 0 Å². The summed E-state index contributed by atoms with van der Waals surface area (Å²) in [6.07, 6.45) is 1.60. The highest BCUT2D eigenvalue weighted by molar-refractivity contribution is 5.48. The number of aromatic nitrogens is 2. The van der Waals surface area contributed by atoms with Crippen LogP contribution in [0.15, 0.2) is 73.1 Å². The van der Waals surface area contributed by atoms with E-state index in [0.29, 0.717) is 0 Å². The summed E-state index contributed by atoms with van der Waals surface area (Å²) >= 11 is 0. The van der Waals surface area contributed by atoms with Crippen molar-refractivity contribution in [2.75, 3.05) is 17.3 Å². The van der Waals surface area contributed by atoms with Gasteiger partial charge in [0.2, 0.25) is 0 Å². The Bertz CT molecular complexity index is 729. The lowest BCUT2D eigenvalue weighted by atomic mass is 10.2. The van der Waals surface area contributed by atoms with Crippen LogP contribution in [-0.2, 0) is 13.1 Å². The van der Waals surface area contributed by atoms with E-state index in [9.17, 15) is 0 Å². The summed E-state index contributed by atoms with van der Waals surface area (Å²) in [7, 11) is 2.04. The molecule has 0 amide bonds. The Morgan fingerprint density at radius 1 is 0.870 bits per heavy atom. The topological polar surface area (TPSA) is 41.0 Å². The van der Waals surface area contributed by atoms with Gasteiger partial charge in [-0.3, -0.25) is 0 Å². The molecule has 1 N–H and O–H groups in total. The minimum absolute atomic E-state index is 0.750. The van der Waals surface area contributed by atoms with Crippen molar-refractivity contribution in [2.24, 2.45) is 0 Å². The van der Waals surface area contributed by atoms with Gasteiger partial charge in [0.05, 0.1) is 0 Å². The van der Waals surface area contributed by atoms with Gasteiger partial charge in [0.15, 0.2) is 0 Å². The van der Waals surface area contributed by atoms with Crippen LogP contribution in [0.5, 0.6) is 0 Å². The van der Waals surface area contributed by atoms with E-state index < -0.39 is 0 Å². The Hall–Kier alpha value is -2.88. The van der Waals surface area contributed by atoms with E-state index in [4.69, 9.17) is 0 Å². The molecule has 0 bridgehead atoms.